The second-order valence-corrected chi connectivity index (χ2v) is 3.13. The molecule has 1 nitrogen and oxygen atoms in total. The average molecular weight is 244 g/mol. The van der Waals surface area contributed by atoms with Crippen LogP contribution in [-0.2, 0) is 12.4 Å². The largest absolute Gasteiger partial charge is 0.508 e. The fourth-order valence-electron chi connectivity index (χ4n) is 1.30. The number of benzene rings is 1. The van der Waals surface area contributed by atoms with E-state index < -0.39 is 34.8 Å². The summed E-state index contributed by atoms with van der Waals surface area (Å²) in [7, 11) is 0. The Balaban J connectivity index is 3.59. The number of phenols is 1. The zero-order valence-corrected chi connectivity index (χ0v) is 7.87. The molecule has 0 amide bonds. The topological polar surface area (TPSA) is 20.2 Å². The van der Waals surface area contributed by atoms with Gasteiger partial charge in [-0.1, -0.05) is 0 Å². The number of hydrogen-bond acceptors (Lipinski definition) is 1. The van der Waals surface area contributed by atoms with Crippen molar-refractivity contribution in [2.45, 2.75) is 19.3 Å². The van der Waals surface area contributed by atoms with Gasteiger partial charge in [-0.05, 0) is 19.1 Å². The highest BCUT2D eigenvalue weighted by molar-refractivity contribution is 5.46. The summed E-state index contributed by atoms with van der Waals surface area (Å²) >= 11 is 0. The third-order valence-corrected chi connectivity index (χ3v) is 2.03. The third-order valence-electron chi connectivity index (χ3n) is 2.03. The standard InChI is InChI=1S/C9H6F6O/c1-4-6(16)3-2-5(8(10,11)12)7(4)9(13,14)15/h2-3,16H,1H3. The molecule has 1 N–H and O–H groups in total. The summed E-state index contributed by atoms with van der Waals surface area (Å²) in [6, 6.07) is 0.804. The Morgan fingerprint density at radius 3 is 1.81 bits per heavy atom. The number of halogens is 6. The minimum absolute atomic E-state index is 0.213. The third kappa shape index (κ3) is 2.23. The predicted molar refractivity (Wildman–Crippen MR) is 42.8 cm³/mol. The maximum absolute atomic E-state index is 12.4. The molecule has 0 aliphatic heterocycles. The summed E-state index contributed by atoms with van der Waals surface area (Å²) < 4.78 is 74.2. The molecule has 1 aromatic rings. The van der Waals surface area contributed by atoms with Gasteiger partial charge in [-0.25, -0.2) is 0 Å². The summed E-state index contributed by atoms with van der Waals surface area (Å²) in [5.41, 5.74) is -4.47. The number of phenolic OH excluding ortho intramolecular Hbond substituents is 1. The lowest BCUT2D eigenvalue weighted by Crippen LogP contribution is -2.18. The quantitative estimate of drug-likeness (QED) is 0.689. The van der Waals surface area contributed by atoms with Crippen molar-refractivity contribution < 1.29 is 31.4 Å². The summed E-state index contributed by atoms with van der Waals surface area (Å²) in [5, 5.41) is 8.99. The van der Waals surface area contributed by atoms with Crippen LogP contribution < -0.4 is 0 Å². The number of rotatable bonds is 0. The van der Waals surface area contributed by atoms with Crippen molar-refractivity contribution in [2.24, 2.45) is 0 Å². The minimum atomic E-state index is -5.16. The molecule has 90 valence electrons. The molecular formula is C9H6F6O. The second kappa shape index (κ2) is 3.57. The lowest BCUT2D eigenvalue weighted by molar-refractivity contribution is -0.162. The molecule has 0 bridgehead atoms. The molecule has 0 saturated carbocycles. The molecule has 16 heavy (non-hydrogen) atoms. The van der Waals surface area contributed by atoms with E-state index in [0.717, 1.165) is 6.92 Å². The van der Waals surface area contributed by atoms with Gasteiger partial charge in [0.15, 0.2) is 0 Å². The van der Waals surface area contributed by atoms with Crippen LogP contribution in [0, 0.1) is 6.92 Å². The molecule has 0 saturated heterocycles. The Morgan fingerprint density at radius 2 is 1.44 bits per heavy atom. The van der Waals surface area contributed by atoms with E-state index in [2.05, 4.69) is 0 Å². The first-order valence-electron chi connectivity index (χ1n) is 4.02. The molecule has 0 aliphatic carbocycles. The molecule has 0 spiro atoms. The van der Waals surface area contributed by atoms with Crippen LogP contribution >= 0.6 is 0 Å². The maximum atomic E-state index is 12.4. The van der Waals surface area contributed by atoms with Gasteiger partial charge in [0, 0.05) is 5.56 Å². The Labute approximate surface area is 86.3 Å². The van der Waals surface area contributed by atoms with Crippen LogP contribution in [0.2, 0.25) is 0 Å². The van der Waals surface area contributed by atoms with Crippen molar-refractivity contribution in [3.05, 3.63) is 28.8 Å². The molecule has 0 unspecified atom stereocenters. The van der Waals surface area contributed by atoms with E-state index in [1.54, 1.807) is 0 Å². The van der Waals surface area contributed by atoms with Crippen LogP contribution in [-0.4, -0.2) is 5.11 Å². The highest BCUT2D eigenvalue weighted by atomic mass is 19.4. The highest BCUT2D eigenvalue weighted by Crippen LogP contribution is 2.43. The van der Waals surface area contributed by atoms with Gasteiger partial charge < -0.3 is 5.11 Å². The van der Waals surface area contributed by atoms with Gasteiger partial charge in [0.1, 0.15) is 5.75 Å². The molecule has 0 heterocycles. The first-order chi connectivity index (χ1) is 7.05. The van der Waals surface area contributed by atoms with Crippen molar-refractivity contribution >= 4 is 0 Å². The van der Waals surface area contributed by atoms with Crippen LogP contribution in [0.15, 0.2) is 12.1 Å². The second-order valence-electron chi connectivity index (χ2n) is 3.13. The van der Waals surface area contributed by atoms with Crippen LogP contribution in [0.25, 0.3) is 0 Å². The van der Waals surface area contributed by atoms with Gasteiger partial charge in [-0.15, -0.1) is 0 Å². The minimum Gasteiger partial charge on any atom is -0.508 e. The van der Waals surface area contributed by atoms with Crippen LogP contribution in [0.4, 0.5) is 26.3 Å². The average Bonchev–Trinajstić information content (AvgIpc) is 2.05. The molecule has 0 aliphatic rings. The Bertz CT molecular complexity index is 404. The van der Waals surface area contributed by atoms with Gasteiger partial charge in [-0.2, -0.15) is 26.3 Å². The molecule has 1 rings (SSSR count). The fourth-order valence-corrected chi connectivity index (χ4v) is 1.30. The Morgan fingerprint density at radius 1 is 0.938 bits per heavy atom. The zero-order chi connectivity index (χ0) is 12.7. The van der Waals surface area contributed by atoms with Crippen LogP contribution in [0.1, 0.15) is 16.7 Å². The smallest absolute Gasteiger partial charge is 0.417 e. The number of alkyl halides is 6. The SMILES string of the molecule is Cc1c(O)ccc(C(F)(F)F)c1C(F)(F)F. The van der Waals surface area contributed by atoms with E-state index in [0.29, 0.717) is 6.07 Å². The van der Waals surface area contributed by atoms with E-state index in [1.807, 2.05) is 0 Å². The van der Waals surface area contributed by atoms with Crippen LogP contribution in [0.5, 0.6) is 5.75 Å². The summed E-state index contributed by atoms with van der Waals surface area (Å²) in [5.74, 6) is -0.819. The number of aromatic hydroxyl groups is 1. The van der Waals surface area contributed by atoms with E-state index in [-0.39, 0.29) is 6.07 Å². The molecule has 0 radical (unpaired) electrons. The van der Waals surface area contributed by atoms with Crippen molar-refractivity contribution in [3.63, 3.8) is 0 Å². The number of hydrogen-bond donors (Lipinski definition) is 1. The van der Waals surface area contributed by atoms with Gasteiger partial charge in [0.2, 0.25) is 0 Å². The molecule has 0 aromatic heterocycles. The van der Waals surface area contributed by atoms with E-state index >= 15 is 0 Å². The van der Waals surface area contributed by atoms with Crippen molar-refractivity contribution in [2.75, 3.05) is 0 Å². The monoisotopic (exact) mass is 244 g/mol. The van der Waals surface area contributed by atoms with Gasteiger partial charge >= 0.3 is 12.4 Å². The first-order valence-corrected chi connectivity index (χ1v) is 4.02. The van der Waals surface area contributed by atoms with Crippen molar-refractivity contribution in [1.82, 2.24) is 0 Å². The highest BCUT2D eigenvalue weighted by Gasteiger charge is 2.44. The maximum Gasteiger partial charge on any atom is 0.417 e. The lowest BCUT2D eigenvalue weighted by Gasteiger charge is -2.18. The molecule has 7 heteroatoms. The summed E-state index contributed by atoms with van der Waals surface area (Å²) in [6.07, 6.45) is -10.3. The zero-order valence-electron chi connectivity index (χ0n) is 7.87. The Kier molecular flexibility index (Phi) is 2.82. The van der Waals surface area contributed by atoms with E-state index in [4.69, 9.17) is 5.11 Å². The van der Waals surface area contributed by atoms with Gasteiger partial charge in [0.25, 0.3) is 0 Å². The first kappa shape index (κ1) is 12.7. The van der Waals surface area contributed by atoms with E-state index in [1.165, 1.54) is 0 Å². The lowest BCUT2D eigenvalue weighted by atomic mass is 10.00. The van der Waals surface area contributed by atoms with Gasteiger partial charge in [-0.3, -0.25) is 0 Å². The summed E-state index contributed by atoms with van der Waals surface area (Å²) in [6.45, 7) is 0.785. The normalized spacial score (nSPS) is 12.9. The van der Waals surface area contributed by atoms with Gasteiger partial charge in [0.05, 0.1) is 11.1 Å². The van der Waals surface area contributed by atoms with Crippen molar-refractivity contribution in [1.29, 1.82) is 0 Å². The molecule has 0 atom stereocenters. The molecular weight excluding hydrogens is 238 g/mol. The fraction of sp³-hybridized carbons (Fsp3) is 0.333. The van der Waals surface area contributed by atoms with Crippen LogP contribution in [0.3, 0.4) is 0 Å². The summed E-state index contributed by atoms with van der Waals surface area (Å²) in [4.78, 5) is 0. The van der Waals surface area contributed by atoms with Crippen molar-refractivity contribution in [3.8, 4) is 5.75 Å². The predicted octanol–water partition coefficient (Wildman–Crippen LogP) is 3.74. The molecule has 0 fully saturated rings. The molecule has 1 aromatic carbocycles. The van der Waals surface area contributed by atoms with E-state index in [9.17, 15) is 26.3 Å². The Hall–Kier alpha value is -1.40.